The number of nitrogens with zero attached hydrogens (tertiary/aromatic N) is 2. The summed E-state index contributed by atoms with van der Waals surface area (Å²) >= 11 is 12.0. The van der Waals surface area contributed by atoms with E-state index in [0.717, 1.165) is 11.1 Å². The maximum absolute atomic E-state index is 13.3. The Morgan fingerprint density at radius 2 is 1.59 bits per heavy atom. The van der Waals surface area contributed by atoms with Crippen LogP contribution in [0.3, 0.4) is 0 Å². The minimum absolute atomic E-state index is 0.222. The summed E-state index contributed by atoms with van der Waals surface area (Å²) in [4.78, 5) is 19.5. The zero-order valence-corrected chi connectivity index (χ0v) is 17.0. The van der Waals surface area contributed by atoms with Crippen molar-refractivity contribution < 1.29 is 9.53 Å². The van der Waals surface area contributed by atoms with Gasteiger partial charge in [0.1, 0.15) is 17.3 Å². The number of halogens is 2. The topological polar surface area (TPSA) is 41.9 Å². The van der Waals surface area contributed by atoms with E-state index in [1.165, 1.54) is 0 Å². The summed E-state index contributed by atoms with van der Waals surface area (Å²) in [5.74, 6) is 1.02. The van der Waals surface area contributed by atoms with Gasteiger partial charge in [0.2, 0.25) is 0 Å². The number of anilines is 1. The van der Waals surface area contributed by atoms with Gasteiger partial charge in [-0.05, 0) is 72.3 Å². The van der Waals surface area contributed by atoms with Gasteiger partial charge in [-0.25, -0.2) is 4.99 Å². The van der Waals surface area contributed by atoms with Crippen LogP contribution in [0.4, 0.5) is 5.69 Å². The third-order valence-electron chi connectivity index (χ3n) is 4.44. The molecule has 0 bridgehead atoms. The first-order valence-corrected chi connectivity index (χ1v) is 9.61. The van der Waals surface area contributed by atoms with Crippen molar-refractivity contribution in [1.29, 1.82) is 0 Å². The summed E-state index contributed by atoms with van der Waals surface area (Å²) in [6, 6.07) is 21.8. The standard InChI is InChI=1S/C23H16Cl2N2O2/c1-29-20-4-2-3-15(13-20)14-21-23(28)27(19-11-9-18(25)10-12-19)22(26-21)16-5-7-17(24)8-6-16/h2-14H,1H3/b21-14+. The number of carbonyl (C=O) groups excluding carboxylic acids is 1. The van der Waals surface area contributed by atoms with E-state index in [1.807, 2.05) is 36.4 Å². The molecule has 1 aliphatic rings. The molecule has 1 heterocycles. The van der Waals surface area contributed by atoms with Gasteiger partial charge in [-0.2, -0.15) is 0 Å². The number of carbonyl (C=O) groups is 1. The average Bonchev–Trinajstić information content (AvgIpc) is 3.05. The van der Waals surface area contributed by atoms with Gasteiger partial charge < -0.3 is 4.74 Å². The lowest BCUT2D eigenvalue weighted by molar-refractivity contribution is -0.113. The van der Waals surface area contributed by atoms with Crippen molar-refractivity contribution in [3.63, 3.8) is 0 Å². The minimum atomic E-state index is -0.222. The van der Waals surface area contributed by atoms with Crippen LogP contribution in [-0.2, 0) is 4.79 Å². The predicted octanol–water partition coefficient (Wildman–Crippen LogP) is 5.84. The van der Waals surface area contributed by atoms with Crippen molar-refractivity contribution in [2.45, 2.75) is 0 Å². The molecule has 29 heavy (non-hydrogen) atoms. The number of hydrogen-bond donors (Lipinski definition) is 0. The molecular formula is C23H16Cl2N2O2. The van der Waals surface area contributed by atoms with Crippen LogP contribution in [0.25, 0.3) is 6.08 Å². The van der Waals surface area contributed by atoms with Crippen molar-refractivity contribution in [2.75, 3.05) is 12.0 Å². The normalized spacial score (nSPS) is 15.0. The highest BCUT2D eigenvalue weighted by Gasteiger charge is 2.32. The summed E-state index contributed by atoms with van der Waals surface area (Å²) in [5, 5.41) is 1.21. The Morgan fingerprint density at radius 3 is 2.24 bits per heavy atom. The summed E-state index contributed by atoms with van der Waals surface area (Å²) in [6.45, 7) is 0. The number of amides is 1. The fourth-order valence-electron chi connectivity index (χ4n) is 3.03. The zero-order valence-electron chi connectivity index (χ0n) is 15.5. The molecular weight excluding hydrogens is 407 g/mol. The van der Waals surface area contributed by atoms with E-state index in [1.54, 1.807) is 54.5 Å². The summed E-state index contributed by atoms with van der Waals surface area (Å²) in [6.07, 6.45) is 1.75. The van der Waals surface area contributed by atoms with Crippen molar-refractivity contribution in [3.05, 3.63) is 99.7 Å². The van der Waals surface area contributed by atoms with E-state index in [0.29, 0.717) is 33.0 Å². The highest BCUT2D eigenvalue weighted by molar-refractivity contribution is 6.34. The first-order valence-electron chi connectivity index (χ1n) is 8.85. The van der Waals surface area contributed by atoms with Crippen molar-refractivity contribution in [2.24, 2.45) is 4.99 Å². The number of benzene rings is 3. The van der Waals surface area contributed by atoms with Gasteiger partial charge in [0.05, 0.1) is 12.8 Å². The lowest BCUT2D eigenvalue weighted by Gasteiger charge is -2.18. The molecule has 0 N–H and O–H groups in total. The summed E-state index contributed by atoms with van der Waals surface area (Å²) in [7, 11) is 1.60. The zero-order chi connectivity index (χ0) is 20.4. The average molecular weight is 423 g/mol. The van der Waals surface area contributed by atoms with Crippen molar-refractivity contribution >= 4 is 46.7 Å². The first kappa shape index (κ1) is 19.2. The molecule has 0 saturated carbocycles. The molecule has 4 nitrogen and oxygen atoms in total. The number of methoxy groups -OCH3 is 1. The number of hydrogen-bond acceptors (Lipinski definition) is 3. The highest BCUT2D eigenvalue weighted by atomic mass is 35.5. The molecule has 0 radical (unpaired) electrons. The number of ether oxygens (including phenoxy) is 1. The lowest BCUT2D eigenvalue weighted by atomic mass is 10.1. The van der Waals surface area contributed by atoms with Crippen molar-refractivity contribution in [3.8, 4) is 5.75 Å². The summed E-state index contributed by atoms with van der Waals surface area (Å²) in [5.41, 5.74) is 2.62. The smallest absolute Gasteiger partial charge is 0.282 e. The summed E-state index contributed by atoms with van der Waals surface area (Å²) < 4.78 is 5.26. The number of amidine groups is 1. The molecule has 6 heteroatoms. The first-order chi connectivity index (χ1) is 14.0. The number of aliphatic imine (C=N–C) groups is 1. The van der Waals surface area contributed by atoms with Crippen LogP contribution in [0.2, 0.25) is 10.0 Å². The van der Waals surface area contributed by atoms with Crippen LogP contribution in [0.1, 0.15) is 11.1 Å². The molecule has 0 saturated heterocycles. The van der Waals surface area contributed by atoms with E-state index >= 15 is 0 Å². The van der Waals surface area contributed by atoms with Crippen LogP contribution in [-0.4, -0.2) is 18.9 Å². The maximum atomic E-state index is 13.3. The molecule has 1 amide bonds. The third-order valence-corrected chi connectivity index (χ3v) is 4.95. The molecule has 0 spiro atoms. The van der Waals surface area contributed by atoms with Gasteiger partial charge in [-0.3, -0.25) is 9.69 Å². The molecule has 0 aliphatic carbocycles. The SMILES string of the molecule is COc1cccc(/C=C2/N=C(c3ccc(Cl)cc3)N(c3ccc(Cl)cc3)C2=O)c1. The van der Waals surface area contributed by atoms with Crippen LogP contribution < -0.4 is 9.64 Å². The molecule has 3 aromatic carbocycles. The fourth-order valence-corrected chi connectivity index (χ4v) is 3.28. The van der Waals surface area contributed by atoms with Gasteiger partial charge >= 0.3 is 0 Å². The van der Waals surface area contributed by atoms with E-state index < -0.39 is 0 Å². The third kappa shape index (κ3) is 4.04. The molecule has 1 aliphatic heterocycles. The second kappa shape index (κ2) is 8.11. The van der Waals surface area contributed by atoms with Gasteiger partial charge in [-0.1, -0.05) is 35.3 Å². The second-order valence-corrected chi connectivity index (χ2v) is 7.24. The Kier molecular flexibility index (Phi) is 5.38. The Morgan fingerprint density at radius 1 is 0.931 bits per heavy atom. The molecule has 4 rings (SSSR count). The quantitative estimate of drug-likeness (QED) is 0.495. The van der Waals surface area contributed by atoms with Gasteiger partial charge in [0, 0.05) is 15.6 Å². The molecule has 144 valence electrons. The Balaban J connectivity index is 1.81. The van der Waals surface area contributed by atoms with Crippen LogP contribution >= 0.6 is 23.2 Å². The Hall–Kier alpha value is -3.08. The second-order valence-electron chi connectivity index (χ2n) is 6.37. The van der Waals surface area contributed by atoms with Gasteiger partial charge in [-0.15, -0.1) is 0 Å². The molecule has 0 fully saturated rings. The lowest BCUT2D eigenvalue weighted by Crippen LogP contribution is -2.32. The van der Waals surface area contributed by atoms with E-state index in [4.69, 9.17) is 27.9 Å². The molecule has 3 aromatic rings. The predicted molar refractivity (Wildman–Crippen MR) is 118 cm³/mol. The highest BCUT2D eigenvalue weighted by Crippen LogP contribution is 2.29. The molecule has 0 aromatic heterocycles. The van der Waals surface area contributed by atoms with Crippen molar-refractivity contribution in [1.82, 2.24) is 0 Å². The molecule has 0 atom stereocenters. The van der Waals surface area contributed by atoms with Crippen LogP contribution in [0.15, 0.2) is 83.5 Å². The maximum Gasteiger partial charge on any atom is 0.282 e. The Labute approximate surface area is 178 Å². The van der Waals surface area contributed by atoms with E-state index in [-0.39, 0.29) is 5.91 Å². The van der Waals surface area contributed by atoms with Gasteiger partial charge in [0.15, 0.2) is 0 Å². The Bertz CT molecular complexity index is 1120. The van der Waals surface area contributed by atoms with Gasteiger partial charge in [0.25, 0.3) is 5.91 Å². The van der Waals surface area contributed by atoms with E-state index in [2.05, 4.69) is 4.99 Å². The molecule has 0 unspecified atom stereocenters. The fraction of sp³-hybridized carbons (Fsp3) is 0.0435. The minimum Gasteiger partial charge on any atom is -0.497 e. The number of rotatable bonds is 4. The van der Waals surface area contributed by atoms with Crippen LogP contribution in [0, 0.1) is 0 Å². The van der Waals surface area contributed by atoms with Crippen LogP contribution in [0.5, 0.6) is 5.75 Å². The van der Waals surface area contributed by atoms with E-state index in [9.17, 15) is 4.79 Å². The largest absolute Gasteiger partial charge is 0.497 e. The monoisotopic (exact) mass is 422 g/mol.